The molecule has 0 spiro atoms. The number of carbonyl (C=O) groups is 2. The fraction of sp³-hybridized carbons (Fsp3) is 0.222. The average Bonchev–Trinajstić information content (AvgIpc) is 2.50. The van der Waals surface area contributed by atoms with Crippen LogP contribution in [0, 0.1) is 6.92 Å². The lowest BCUT2D eigenvalue weighted by Gasteiger charge is -2.16. The Morgan fingerprint density at radius 3 is 2.30 bits per heavy atom. The summed E-state index contributed by atoms with van der Waals surface area (Å²) in [7, 11) is 0. The molecule has 0 saturated carbocycles. The lowest BCUT2D eigenvalue weighted by Crippen LogP contribution is -2.24. The van der Waals surface area contributed by atoms with Crippen molar-refractivity contribution in [3.63, 3.8) is 0 Å². The first-order valence-corrected chi connectivity index (χ1v) is 7.92. The van der Waals surface area contributed by atoms with E-state index in [-0.39, 0.29) is 17.4 Å². The van der Waals surface area contributed by atoms with Gasteiger partial charge < -0.3 is 4.74 Å². The number of esters is 1. The third-order valence-corrected chi connectivity index (χ3v) is 3.96. The van der Waals surface area contributed by atoms with E-state index in [2.05, 4.69) is 0 Å². The van der Waals surface area contributed by atoms with Crippen molar-refractivity contribution < 1.29 is 14.3 Å². The Morgan fingerprint density at radius 2 is 1.74 bits per heavy atom. The van der Waals surface area contributed by atoms with Gasteiger partial charge in [0, 0.05) is 15.6 Å². The van der Waals surface area contributed by atoms with Gasteiger partial charge in [-0.3, -0.25) is 9.59 Å². The van der Waals surface area contributed by atoms with Crippen LogP contribution in [-0.4, -0.2) is 18.4 Å². The van der Waals surface area contributed by atoms with E-state index in [1.807, 2.05) is 19.1 Å². The van der Waals surface area contributed by atoms with Gasteiger partial charge in [-0.15, -0.1) is 0 Å². The number of aryl methyl sites for hydroxylation is 1. The van der Waals surface area contributed by atoms with E-state index in [4.69, 9.17) is 27.9 Å². The Labute approximate surface area is 145 Å². The third-order valence-electron chi connectivity index (χ3n) is 3.39. The summed E-state index contributed by atoms with van der Waals surface area (Å²) in [6, 6.07) is 11.7. The molecule has 0 fully saturated rings. The van der Waals surface area contributed by atoms with Crippen molar-refractivity contribution in [2.24, 2.45) is 0 Å². The molecule has 0 bridgehead atoms. The van der Waals surface area contributed by atoms with Crippen LogP contribution in [0.1, 0.15) is 34.3 Å². The predicted octanol–water partition coefficient (Wildman–Crippen LogP) is 4.83. The largest absolute Gasteiger partial charge is 0.465 e. The maximum Gasteiger partial charge on any atom is 0.321 e. The van der Waals surface area contributed by atoms with E-state index in [9.17, 15) is 9.59 Å². The van der Waals surface area contributed by atoms with E-state index in [0.717, 1.165) is 5.56 Å². The van der Waals surface area contributed by atoms with Gasteiger partial charge in [-0.05, 0) is 31.5 Å². The molecule has 0 aromatic heterocycles. The third kappa shape index (κ3) is 4.12. The van der Waals surface area contributed by atoms with E-state index in [0.29, 0.717) is 16.1 Å². The molecule has 5 heteroatoms. The zero-order chi connectivity index (χ0) is 17.0. The highest BCUT2D eigenvalue weighted by molar-refractivity contribution is 6.35. The van der Waals surface area contributed by atoms with Gasteiger partial charge in [-0.1, -0.05) is 59.1 Å². The van der Waals surface area contributed by atoms with Gasteiger partial charge in [-0.2, -0.15) is 0 Å². The summed E-state index contributed by atoms with van der Waals surface area (Å²) >= 11 is 12.1. The molecule has 0 N–H and O–H groups in total. The van der Waals surface area contributed by atoms with Crippen LogP contribution in [-0.2, 0) is 9.53 Å². The molecule has 0 heterocycles. The number of Topliss-reactive ketones (excluding diaryl/α,β-unsaturated/α-hetero) is 1. The van der Waals surface area contributed by atoms with Crippen molar-refractivity contribution in [1.82, 2.24) is 0 Å². The molecule has 0 aliphatic heterocycles. The molecule has 2 aromatic carbocycles. The van der Waals surface area contributed by atoms with Gasteiger partial charge in [0.05, 0.1) is 6.61 Å². The number of halogens is 2. The topological polar surface area (TPSA) is 43.4 Å². The van der Waals surface area contributed by atoms with E-state index in [1.54, 1.807) is 31.2 Å². The van der Waals surface area contributed by atoms with Crippen molar-refractivity contribution in [2.75, 3.05) is 6.61 Å². The van der Waals surface area contributed by atoms with Crippen LogP contribution >= 0.6 is 23.2 Å². The Kier molecular flexibility index (Phi) is 5.80. The highest BCUT2D eigenvalue weighted by Gasteiger charge is 2.32. The molecule has 0 radical (unpaired) electrons. The second-order valence-electron chi connectivity index (χ2n) is 5.08. The van der Waals surface area contributed by atoms with E-state index in [1.165, 1.54) is 6.07 Å². The maximum atomic E-state index is 12.8. The predicted molar refractivity (Wildman–Crippen MR) is 91.3 cm³/mol. The average molecular weight is 351 g/mol. The first-order chi connectivity index (χ1) is 10.9. The Hall–Kier alpha value is -1.84. The molecule has 0 saturated heterocycles. The molecule has 3 nitrogen and oxygen atoms in total. The van der Waals surface area contributed by atoms with Gasteiger partial charge in [0.25, 0.3) is 0 Å². The standard InChI is InChI=1S/C18H16Cl2O3/c1-3-23-18(22)16(14-9-8-13(19)10-15(14)20)17(21)12-6-4-11(2)5-7-12/h4-10,16H,3H2,1-2H3. The molecule has 0 aliphatic rings. The Bertz CT molecular complexity index is 724. The fourth-order valence-electron chi connectivity index (χ4n) is 2.22. The molecule has 1 atom stereocenters. The van der Waals surface area contributed by atoms with Gasteiger partial charge in [0.15, 0.2) is 5.78 Å². The van der Waals surface area contributed by atoms with Gasteiger partial charge in [0.2, 0.25) is 0 Å². The molecule has 0 aliphatic carbocycles. The molecule has 2 aromatic rings. The normalized spacial score (nSPS) is 11.8. The van der Waals surface area contributed by atoms with Crippen LogP contribution in [0.15, 0.2) is 42.5 Å². The van der Waals surface area contributed by atoms with Gasteiger partial charge in [-0.25, -0.2) is 0 Å². The summed E-state index contributed by atoms with van der Waals surface area (Å²) in [6.45, 7) is 3.80. The van der Waals surface area contributed by atoms with Gasteiger partial charge >= 0.3 is 5.97 Å². The van der Waals surface area contributed by atoms with Crippen molar-refractivity contribution in [3.8, 4) is 0 Å². The zero-order valence-corrected chi connectivity index (χ0v) is 14.3. The first kappa shape index (κ1) is 17.5. The number of benzene rings is 2. The highest BCUT2D eigenvalue weighted by Crippen LogP contribution is 2.31. The summed E-state index contributed by atoms with van der Waals surface area (Å²) in [4.78, 5) is 25.1. The SMILES string of the molecule is CCOC(=O)C(C(=O)c1ccc(C)cc1)c1ccc(Cl)cc1Cl. The first-order valence-electron chi connectivity index (χ1n) is 7.16. The van der Waals surface area contributed by atoms with E-state index >= 15 is 0 Å². The monoisotopic (exact) mass is 350 g/mol. The number of hydrogen-bond acceptors (Lipinski definition) is 3. The van der Waals surface area contributed by atoms with Crippen molar-refractivity contribution in [3.05, 3.63) is 69.2 Å². The molecular formula is C18H16Cl2O3. The number of ether oxygens (including phenoxy) is 1. The number of carbonyl (C=O) groups excluding carboxylic acids is 2. The minimum absolute atomic E-state index is 0.182. The lowest BCUT2D eigenvalue weighted by atomic mass is 9.90. The number of rotatable bonds is 5. The van der Waals surface area contributed by atoms with Crippen molar-refractivity contribution in [2.45, 2.75) is 19.8 Å². The summed E-state index contributed by atoms with van der Waals surface area (Å²) in [5.74, 6) is -2.09. The summed E-state index contributed by atoms with van der Waals surface area (Å²) in [6.07, 6.45) is 0. The molecule has 23 heavy (non-hydrogen) atoms. The summed E-state index contributed by atoms with van der Waals surface area (Å²) in [5, 5.41) is 0.695. The highest BCUT2D eigenvalue weighted by atomic mass is 35.5. The smallest absolute Gasteiger partial charge is 0.321 e. The molecule has 0 amide bonds. The van der Waals surface area contributed by atoms with Crippen LogP contribution < -0.4 is 0 Å². The number of hydrogen-bond donors (Lipinski definition) is 0. The summed E-state index contributed by atoms with van der Waals surface area (Å²) in [5.41, 5.74) is 1.85. The molecule has 2 rings (SSSR count). The van der Waals surface area contributed by atoms with Crippen LogP contribution in [0.3, 0.4) is 0 Å². The van der Waals surface area contributed by atoms with Gasteiger partial charge in [0.1, 0.15) is 5.92 Å². The van der Waals surface area contributed by atoms with Crippen LogP contribution in [0.25, 0.3) is 0 Å². The molecule has 120 valence electrons. The second kappa shape index (κ2) is 7.62. The minimum atomic E-state index is -1.11. The van der Waals surface area contributed by atoms with E-state index < -0.39 is 11.9 Å². The molecule has 1 unspecified atom stereocenters. The minimum Gasteiger partial charge on any atom is -0.465 e. The summed E-state index contributed by atoms with van der Waals surface area (Å²) < 4.78 is 5.06. The number of ketones is 1. The quantitative estimate of drug-likeness (QED) is 0.440. The van der Waals surface area contributed by atoms with Crippen LogP contribution in [0.5, 0.6) is 0 Å². The Morgan fingerprint density at radius 1 is 1.09 bits per heavy atom. The molecular weight excluding hydrogens is 335 g/mol. The van der Waals surface area contributed by atoms with Crippen molar-refractivity contribution in [1.29, 1.82) is 0 Å². The Balaban J connectivity index is 2.47. The van der Waals surface area contributed by atoms with Crippen LogP contribution in [0.2, 0.25) is 10.0 Å². The maximum absolute atomic E-state index is 12.8. The fourth-order valence-corrected chi connectivity index (χ4v) is 2.74. The zero-order valence-electron chi connectivity index (χ0n) is 12.8. The second-order valence-corrected chi connectivity index (χ2v) is 5.92. The van der Waals surface area contributed by atoms with Crippen molar-refractivity contribution >= 4 is 35.0 Å². The lowest BCUT2D eigenvalue weighted by molar-refractivity contribution is -0.143. The van der Waals surface area contributed by atoms with Crippen LogP contribution in [0.4, 0.5) is 0 Å².